The number of benzene rings is 1. The van der Waals surface area contributed by atoms with Crippen LogP contribution in [-0.4, -0.2) is 39.5 Å². The van der Waals surface area contributed by atoms with E-state index in [9.17, 15) is 18.8 Å². The number of nitrogens with one attached hydrogen (secondary N) is 4. The third-order valence-corrected chi connectivity index (χ3v) is 6.32. The summed E-state index contributed by atoms with van der Waals surface area (Å²) in [7, 11) is 0. The van der Waals surface area contributed by atoms with Crippen molar-refractivity contribution in [1.82, 2.24) is 9.88 Å². The Hall–Kier alpha value is -3.53. The Morgan fingerprint density at radius 3 is 2.56 bits per heavy atom. The van der Waals surface area contributed by atoms with Crippen LogP contribution in [0.25, 0.3) is 0 Å². The molecule has 0 atom stereocenters. The highest BCUT2D eigenvalue weighted by Gasteiger charge is 2.51. The lowest BCUT2D eigenvalue weighted by Crippen LogP contribution is -2.47. The van der Waals surface area contributed by atoms with Crippen molar-refractivity contribution < 1.29 is 23.5 Å². The summed E-state index contributed by atoms with van der Waals surface area (Å²) in [6.07, 6.45) is 2.10. The van der Waals surface area contributed by atoms with Crippen LogP contribution >= 0.6 is 11.6 Å². The van der Waals surface area contributed by atoms with Gasteiger partial charge in [0.25, 0.3) is 17.6 Å². The van der Waals surface area contributed by atoms with Crippen LogP contribution in [0.2, 0.25) is 5.02 Å². The normalized spacial score (nSPS) is 15.3. The zero-order valence-corrected chi connectivity index (χ0v) is 19.4. The van der Waals surface area contributed by atoms with Gasteiger partial charge in [0.15, 0.2) is 5.90 Å². The van der Waals surface area contributed by atoms with Gasteiger partial charge in [-0.25, -0.2) is 4.39 Å². The fraction of sp³-hybridized carbons (Fsp3) is 0.348. The van der Waals surface area contributed by atoms with Crippen molar-refractivity contribution in [2.75, 3.05) is 5.32 Å². The van der Waals surface area contributed by atoms with Crippen LogP contribution < -0.4 is 10.6 Å². The van der Waals surface area contributed by atoms with E-state index < -0.39 is 29.0 Å². The Bertz CT molecular complexity index is 1260. The van der Waals surface area contributed by atoms with E-state index in [1.165, 1.54) is 19.1 Å². The van der Waals surface area contributed by atoms with E-state index in [1.807, 2.05) is 0 Å². The largest absolute Gasteiger partial charge is 0.428 e. The molecule has 178 valence electrons. The van der Waals surface area contributed by atoms with Gasteiger partial charge in [-0.05, 0) is 56.4 Å². The smallest absolute Gasteiger partial charge is 0.293 e. The molecule has 1 aromatic heterocycles. The highest BCUT2D eigenvalue weighted by atomic mass is 35.5. The molecule has 1 fully saturated rings. The van der Waals surface area contributed by atoms with Gasteiger partial charge in [0, 0.05) is 24.8 Å². The van der Waals surface area contributed by atoms with E-state index in [0.717, 1.165) is 6.07 Å². The predicted octanol–water partition coefficient (Wildman–Crippen LogP) is 3.61. The maximum Gasteiger partial charge on any atom is 0.293 e. The molecular weight excluding hydrogens is 465 g/mol. The molecule has 4 N–H and O–H groups in total. The van der Waals surface area contributed by atoms with E-state index >= 15 is 0 Å². The summed E-state index contributed by atoms with van der Waals surface area (Å²) in [6.45, 7) is 3.49. The molecule has 2 aliphatic rings. The molecular formula is C23H23ClFN5O4. The first kappa shape index (κ1) is 23.6. The second-order valence-electron chi connectivity index (χ2n) is 8.49. The van der Waals surface area contributed by atoms with E-state index in [-0.39, 0.29) is 28.1 Å². The van der Waals surface area contributed by atoms with E-state index in [4.69, 9.17) is 27.2 Å². The first-order valence-corrected chi connectivity index (χ1v) is 11.1. The molecule has 1 aliphatic heterocycles. The summed E-state index contributed by atoms with van der Waals surface area (Å²) < 4.78 is 20.2. The summed E-state index contributed by atoms with van der Waals surface area (Å²) >= 11 is 5.80. The van der Waals surface area contributed by atoms with Crippen molar-refractivity contribution in [2.24, 2.45) is 0 Å². The molecule has 0 spiro atoms. The Morgan fingerprint density at radius 1 is 1.24 bits per heavy atom. The summed E-state index contributed by atoms with van der Waals surface area (Å²) in [5, 5.41) is 20.5. The SMILES string of the molecule is CC(=N)OC(=N)C1(NC(=O)C(=O)c2c(C)c(C(=O)Nc3ccc(F)c(Cl)c3)n3c2CCC3)CC1. The minimum Gasteiger partial charge on any atom is -0.428 e. The van der Waals surface area contributed by atoms with Crippen molar-refractivity contribution in [3.8, 4) is 0 Å². The second kappa shape index (κ2) is 8.68. The minimum atomic E-state index is -1.09. The number of carbonyl (C=O) groups is 3. The van der Waals surface area contributed by atoms with E-state index in [1.54, 1.807) is 11.5 Å². The number of fused-ring (bicyclic) bond motifs is 1. The van der Waals surface area contributed by atoms with Crippen molar-refractivity contribution >= 4 is 46.7 Å². The maximum atomic E-state index is 13.4. The molecule has 1 saturated carbocycles. The van der Waals surface area contributed by atoms with Crippen LogP contribution in [0.15, 0.2) is 18.2 Å². The number of rotatable bonds is 6. The first-order chi connectivity index (χ1) is 16.0. The second-order valence-corrected chi connectivity index (χ2v) is 8.89. The summed E-state index contributed by atoms with van der Waals surface area (Å²) in [5.41, 5.74) is 0.599. The number of hydrogen-bond acceptors (Lipinski definition) is 6. The Morgan fingerprint density at radius 2 is 1.94 bits per heavy atom. The van der Waals surface area contributed by atoms with E-state index in [0.29, 0.717) is 49.2 Å². The molecule has 9 nitrogen and oxygen atoms in total. The van der Waals surface area contributed by atoms with Crippen molar-refractivity contribution in [3.05, 3.63) is 51.6 Å². The van der Waals surface area contributed by atoms with Crippen molar-refractivity contribution in [2.45, 2.75) is 51.6 Å². The monoisotopic (exact) mass is 487 g/mol. The van der Waals surface area contributed by atoms with Gasteiger partial charge in [-0.3, -0.25) is 25.2 Å². The number of anilines is 1. The van der Waals surface area contributed by atoms with Crippen molar-refractivity contribution in [1.29, 1.82) is 10.8 Å². The van der Waals surface area contributed by atoms with Crippen LogP contribution in [0.4, 0.5) is 10.1 Å². The van der Waals surface area contributed by atoms with Gasteiger partial charge in [-0.1, -0.05) is 11.6 Å². The molecule has 4 rings (SSSR count). The van der Waals surface area contributed by atoms with Gasteiger partial charge in [0.05, 0.1) is 10.6 Å². The number of amides is 2. The van der Waals surface area contributed by atoms with Crippen LogP contribution in [0, 0.1) is 23.6 Å². The zero-order valence-electron chi connectivity index (χ0n) is 18.6. The van der Waals surface area contributed by atoms with E-state index in [2.05, 4.69) is 10.6 Å². The minimum absolute atomic E-state index is 0.135. The number of Topliss-reactive ketones (excluding diaryl/α,β-unsaturated/α-hetero) is 1. The number of hydrogen-bond donors (Lipinski definition) is 4. The fourth-order valence-electron chi connectivity index (χ4n) is 4.25. The van der Waals surface area contributed by atoms with Gasteiger partial charge >= 0.3 is 0 Å². The van der Waals surface area contributed by atoms with Crippen molar-refractivity contribution in [3.63, 3.8) is 0 Å². The maximum absolute atomic E-state index is 13.4. The quantitative estimate of drug-likeness (QED) is 0.214. The number of ether oxygens (including phenoxy) is 1. The van der Waals surface area contributed by atoms with Crippen LogP contribution in [0.5, 0.6) is 0 Å². The average Bonchev–Trinajstić information content (AvgIpc) is 3.30. The molecule has 0 saturated heterocycles. The zero-order chi connectivity index (χ0) is 24.8. The molecule has 2 heterocycles. The number of aromatic nitrogens is 1. The third-order valence-electron chi connectivity index (χ3n) is 6.03. The van der Waals surface area contributed by atoms with Gasteiger partial charge in [0.2, 0.25) is 5.90 Å². The lowest BCUT2D eigenvalue weighted by molar-refractivity contribution is -0.117. The molecule has 1 aliphatic carbocycles. The highest BCUT2D eigenvalue weighted by Crippen LogP contribution is 2.37. The van der Waals surface area contributed by atoms with Gasteiger partial charge < -0.3 is 19.9 Å². The average molecular weight is 488 g/mol. The molecule has 0 unspecified atom stereocenters. The fourth-order valence-corrected chi connectivity index (χ4v) is 4.43. The van der Waals surface area contributed by atoms with Crippen LogP contribution in [0.1, 0.15) is 58.3 Å². The summed E-state index contributed by atoms with van der Waals surface area (Å²) in [6, 6.07) is 3.81. The molecule has 1 aromatic carbocycles. The third kappa shape index (κ3) is 4.21. The predicted molar refractivity (Wildman–Crippen MR) is 124 cm³/mol. The topological polar surface area (TPSA) is 137 Å². The van der Waals surface area contributed by atoms with Gasteiger partial charge in [0.1, 0.15) is 17.1 Å². The van der Waals surface area contributed by atoms with Crippen LogP contribution in [0.3, 0.4) is 0 Å². The standard InChI is InChI=1S/C23H23ClFN5O4/c1-11-17(19(31)21(33)29-23(7-8-23)22(27)34-12(2)26)16-4-3-9-30(16)18(11)20(32)28-13-5-6-15(25)14(24)10-13/h5-6,10,26-27H,3-4,7-9H2,1-2H3,(H,28,32)(H,29,33). The lowest BCUT2D eigenvalue weighted by atomic mass is 10.0. The highest BCUT2D eigenvalue weighted by molar-refractivity contribution is 6.44. The molecule has 0 bridgehead atoms. The molecule has 11 heteroatoms. The number of carbonyl (C=O) groups excluding carboxylic acids is 3. The Kier molecular flexibility index (Phi) is 6.03. The Balaban J connectivity index is 1.59. The first-order valence-electron chi connectivity index (χ1n) is 10.7. The lowest BCUT2D eigenvalue weighted by Gasteiger charge is -2.17. The van der Waals surface area contributed by atoms with Gasteiger partial charge in [-0.15, -0.1) is 0 Å². The van der Waals surface area contributed by atoms with Crippen LogP contribution in [-0.2, 0) is 22.5 Å². The number of halogens is 2. The molecule has 34 heavy (non-hydrogen) atoms. The number of ketones is 1. The molecule has 2 aromatic rings. The molecule has 0 radical (unpaired) electrons. The van der Waals surface area contributed by atoms with Gasteiger partial charge in [-0.2, -0.15) is 0 Å². The number of nitrogens with zero attached hydrogens (tertiary/aromatic N) is 1. The summed E-state index contributed by atoms with van der Waals surface area (Å²) in [5.74, 6) is -3.26. The Labute approximate surface area is 199 Å². The summed E-state index contributed by atoms with van der Waals surface area (Å²) in [4.78, 5) is 39.1. The molecule has 2 amide bonds.